The molecule has 0 aliphatic carbocycles. The topological polar surface area (TPSA) is 45.2 Å². The van der Waals surface area contributed by atoms with E-state index >= 15 is 0 Å². The number of carbonyl (C=O) groups excluding carboxylic acids is 1. The third-order valence-electron chi connectivity index (χ3n) is 3.78. The van der Waals surface area contributed by atoms with Gasteiger partial charge in [-0.2, -0.15) is 0 Å². The molecule has 1 atom stereocenters. The van der Waals surface area contributed by atoms with E-state index in [2.05, 4.69) is 17.2 Å². The summed E-state index contributed by atoms with van der Waals surface area (Å²) in [6, 6.07) is 1.87. The molecule has 104 valence electrons. The summed E-state index contributed by atoms with van der Waals surface area (Å²) in [5.41, 5.74) is 2.36. The van der Waals surface area contributed by atoms with E-state index in [9.17, 15) is 4.79 Å². The number of likely N-dealkylation sites (tertiary alicyclic amines) is 1. The summed E-state index contributed by atoms with van der Waals surface area (Å²) in [6.07, 6.45) is 7.18. The molecule has 0 aromatic carbocycles. The van der Waals surface area contributed by atoms with Crippen LogP contribution in [-0.2, 0) is 11.3 Å². The Morgan fingerprint density at radius 1 is 1.42 bits per heavy atom. The van der Waals surface area contributed by atoms with Gasteiger partial charge in [0.1, 0.15) is 0 Å². The fourth-order valence-electron chi connectivity index (χ4n) is 2.42. The highest BCUT2D eigenvalue weighted by Gasteiger charge is 2.21. The number of aromatic nitrogens is 1. The van der Waals surface area contributed by atoms with Crippen LogP contribution in [0.1, 0.15) is 37.3 Å². The molecule has 1 amide bonds. The van der Waals surface area contributed by atoms with Crippen LogP contribution in [0, 0.1) is 6.92 Å². The molecule has 1 fully saturated rings. The number of amides is 1. The minimum absolute atomic E-state index is 0.127. The first-order valence-electron chi connectivity index (χ1n) is 7.10. The van der Waals surface area contributed by atoms with Gasteiger partial charge in [-0.3, -0.25) is 9.78 Å². The quantitative estimate of drug-likeness (QED) is 0.900. The lowest BCUT2D eigenvalue weighted by molar-refractivity contribution is -0.133. The number of hydrogen-bond acceptors (Lipinski definition) is 3. The number of nitrogens with zero attached hydrogens (tertiary/aromatic N) is 2. The Hall–Kier alpha value is -1.42. The first kappa shape index (κ1) is 14.0. The normalized spacial score (nSPS) is 17.3. The smallest absolute Gasteiger partial charge is 0.239 e. The molecule has 0 radical (unpaired) electrons. The molecule has 1 unspecified atom stereocenters. The van der Waals surface area contributed by atoms with Crippen molar-refractivity contribution in [3.8, 4) is 0 Å². The van der Waals surface area contributed by atoms with E-state index in [0.717, 1.165) is 31.5 Å². The van der Waals surface area contributed by atoms with Crippen molar-refractivity contribution in [3.63, 3.8) is 0 Å². The first-order valence-corrected chi connectivity index (χ1v) is 7.10. The van der Waals surface area contributed by atoms with Gasteiger partial charge in [-0.05, 0) is 50.3 Å². The summed E-state index contributed by atoms with van der Waals surface area (Å²) < 4.78 is 0. The van der Waals surface area contributed by atoms with E-state index in [-0.39, 0.29) is 11.9 Å². The van der Waals surface area contributed by atoms with Crippen LogP contribution in [0.4, 0.5) is 0 Å². The summed E-state index contributed by atoms with van der Waals surface area (Å²) in [4.78, 5) is 18.4. The predicted octanol–water partition coefficient (Wildman–Crippen LogP) is 1.88. The Bertz CT molecular complexity index is 427. The predicted molar refractivity (Wildman–Crippen MR) is 75.7 cm³/mol. The molecule has 4 nitrogen and oxygen atoms in total. The number of piperidine rings is 1. The monoisotopic (exact) mass is 261 g/mol. The van der Waals surface area contributed by atoms with Gasteiger partial charge < -0.3 is 10.2 Å². The van der Waals surface area contributed by atoms with Gasteiger partial charge in [-0.15, -0.1) is 0 Å². The molecule has 1 N–H and O–H groups in total. The van der Waals surface area contributed by atoms with Crippen molar-refractivity contribution >= 4 is 5.91 Å². The van der Waals surface area contributed by atoms with E-state index < -0.39 is 0 Å². The molecule has 0 spiro atoms. The maximum Gasteiger partial charge on any atom is 0.239 e. The average molecular weight is 261 g/mol. The maximum absolute atomic E-state index is 12.3. The number of pyridine rings is 1. The van der Waals surface area contributed by atoms with Crippen LogP contribution in [-0.4, -0.2) is 34.9 Å². The molecule has 2 heterocycles. The van der Waals surface area contributed by atoms with Gasteiger partial charge in [-0.25, -0.2) is 0 Å². The third-order valence-corrected chi connectivity index (χ3v) is 3.78. The Morgan fingerprint density at radius 2 is 2.16 bits per heavy atom. The van der Waals surface area contributed by atoms with Crippen LogP contribution < -0.4 is 5.32 Å². The van der Waals surface area contributed by atoms with Gasteiger partial charge in [-0.1, -0.05) is 0 Å². The number of hydrogen-bond donors (Lipinski definition) is 1. The zero-order valence-corrected chi connectivity index (χ0v) is 11.9. The Kier molecular flexibility index (Phi) is 4.91. The van der Waals surface area contributed by atoms with Crippen molar-refractivity contribution in [1.82, 2.24) is 15.2 Å². The van der Waals surface area contributed by atoms with Gasteiger partial charge in [0.05, 0.1) is 6.04 Å². The molecule has 0 bridgehead atoms. The van der Waals surface area contributed by atoms with Crippen LogP contribution in [0.5, 0.6) is 0 Å². The fraction of sp³-hybridized carbons (Fsp3) is 0.600. The largest absolute Gasteiger partial charge is 0.341 e. The molecular formula is C15H23N3O. The van der Waals surface area contributed by atoms with Gasteiger partial charge in [0, 0.05) is 32.0 Å². The molecule has 1 aromatic rings. The maximum atomic E-state index is 12.3. The molecule has 1 aromatic heterocycles. The number of aryl methyl sites for hydroxylation is 1. The van der Waals surface area contributed by atoms with Crippen molar-refractivity contribution in [2.45, 2.75) is 45.7 Å². The third kappa shape index (κ3) is 3.77. The average Bonchev–Trinajstić information content (AvgIpc) is 2.46. The minimum Gasteiger partial charge on any atom is -0.341 e. The standard InChI is InChI=1S/C15H23N3O/c1-12-6-7-16-10-14(12)11-17-13(2)15(19)18-8-4-3-5-9-18/h6-7,10,13,17H,3-5,8-9,11H2,1-2H3. The zero-order chi connectivity index (χ0) is 13.7. The van der Waals surface area contributed by atoms with Crippen LogP contribution in [0.2, 0.25) is 0 Å². The van der Waals surface area contributed by atoms with Crippen LogP contribution >= 0.6 is 0 Å². The van der Waals surface area contributed by atoms with E-state index in [1.165, 1.54) is 12.0 Å². The first-order chi connectivity index (χ1) is 9.18. The number of carbonyl (C=O) groups is 1. The van der Waals surface area contributed by atoms with E-state index in [4.69, 9.17) is 0 Å². The summed E-state index contributed by atoms with van der Waals surface area (Å²) >= 11 is 0. The number of rotatable bonds is 4. The second kappa shape index (κ2) is 6.66. The molecule has 0 saturated carbocycles. The summed E-state index contributed by atoms with van der Waals surface area (Å²) in [6.45, 7) is 6.53. The van der Waals surface area contributed by atoms with E-state index in [0.29, 0.717) is 6.54 Å². The Balaban J connectivity index is 1.85. The summed E-state index contributed by atoms with van der Waals surface area (Å²) in [5.74, 6) is 0.223. The number of nitrogens with one attached hydrogen (secondary N) is 1. The molecule has 19 heavy (non-hydrogen) atoms. The van der Waals surface area contributed by atoms with Crippen molar-refractivity contribution < 1.29 is 4.79 Å². The second-order valence-electron chi connectivity index (χ2n) is 5.29. The molecule has 4 heteroatoms. The Labute approximate surface area is 115 Å². The highest BCUT2D eigenvalue weighted by molar-refractivity contribution is 5.81. The van der Waals surface area contributed by atoms with E-state index in [1.54, 1.807) is 6.20 Å². The molecule has 2 rings (SSSR count). The fourth-order valence-corrected chi connectivity index (χ4v) is 2.42. The minimum atomic E-state index is -0.127. The van der Waals surface area contributed by atoms with Crippen LogP contribution in [0.3, 0.4) is 0 Å². The van der Waals surface area contributed by atoms with Crippen LogP contribution in [0.15, 0.2) is 18.5 Å². The van der Waals surface area contributed by atoms with E-state index in [1.807, 2.05) is 24.1 Å². The lowest BCUT2D eigenvalue weighted by atomic mass is 10.1. The van der Waals surface area contributed by atoms with Crippen molar-refractivity contribution in [2.75, 3.05) is 13.1 Å². The van der Waals surface area contributed by atoms with Gasteiger partial charge >= 0.3 is 0 Å². The highest BCUT2D eigenvalue weighted by atomic mass is 16.2. The zero-order valence-electron chi connectivity index (χ0n) is 11.9. The molecule has 1 aliphatic heterocycles. The van der Waals surface area contributed by atoms with Gasteiger partial charge in [0.25, 0.3) is 0 Å². The van der Waals surface area contributed by atoms with Crippen molar-refractivity contribution in [2.24, 2.45) is 0 Å². The summed E-state index contributed by atoms with van der Waals surface area (Å²) in [7, 11) is 0. The highest BCUT2D eigenvalue weighted by Crippen LogP contribution is 2.10. The van der Waals surface area contributed by atoms with Gasteiger partial charge in [0.2, 0.25) is 5.91 Å². The molecule has 1 saturated heterocycles. The van der Waals surface area contributed by atoms with Crippen LogP contribution in [0.25, 0.3) is 0 Å². The lowest BCUT2D eigenvalue weighted by Crippen LogP contribution is -2.46. The lowest BCUT2D eigenvalue weighted by Gasteiger charge is -2.29. The second-order valence-corrected chi connectivity index (χ2v) is 5.29. The van der Waals surface area contributed by atoms with Crippen molar-refractivity contribution in [3.05, 3.63) is 29.6 Å². The van der Waals surface area contributed by atoms with Crippen molar-refractivity contribution in [1.29, 1.82) is 0 Å². The molecular weight excluding hydrogens is 238 g/mol. The molecule has 1 aliphatic rings. The Morgan fingerprint density at radius 3 is 2.84 bits per heavy atom. The SMILES string of the molecule is Cc1ccncc1CNC(C)C(=O)N1CCCCC1. The van der Waals surface area contributed by atoms with Gasteiger partial charge in [0.15, 0.2) is 0 Å². The summed E-state index contributed by atoms with van der Waals surface area (Å²) in [5, 5.41) is 3.31.